The lowest BCUT2D eigenvalue weighted by atomic mass is 10.2. The molecular weight excluding hydrogens is 240 g/mol. The first kappa shape index (κ1) is 12.1. The van der Waals surface area contributed by atoms with Gasteiger partial charge in [0.25, 0.3) is 0 Å². The lowest BCUT2D eigenvalue weighted by Crippen LogP contribution is -2.06. The highest BCUT2D eigenvalue weighted by Gasteiger charge is 2.09. The second-order valence-electron chi connectivity index (χ2n) is 3.44. The minimum Gasteiger partial charge on any atom is -0.508 e. The van der Waals surface area contributed by atoms with Gasteiger partial charge in [-0.05, 0) is 18.2 Å². The third-order valence-corrected chi connectivity index (χ3v) is 2.01. The zero-order chi connectivity index (χ0) is 13.0. The number of ether oxygens (including phenoxy) is 1. The van der Waals surface area contributed by atoms with Crippen molar-refractivity contribution in [2.24, 2.45) is 0 Å². The van der Waals surface area contributed by atoms with Gasteiger partial charge >= 0.3 is 5.97 Å². The molecule has 0 atom stereocenters. The molecular formula is C11H10N2O5. The second kappa shape index (κ2) is 5.28. The van der Waals surface area contributed by atoms with Crippen molar-refractivity contribution >= 4 is 5.97 Å². The van der Waals surface area contributed by atoms with Crippen molar-refractivity contribution in [2.45, 2.75) is 6.61 Å². The molecule has 0 aliphatic rings. The lowest BCUT2D eigenvalue weighted by molar-refractivity contribution is -0.142. The van der Waals surface area contributed by atoms with Crippen molar-refractivity contribution < 1.29 is 24.2 Å². The number of nitrogens with zero attached hydrogens (tertiary/aromatic N) is 2. The molecule has 0 aliphatic heterocycles. The maximum atomic E-state index is 10.2. The van der Waals surface area contributed by atoms with E-state index in [4.69, 9.17) is 14.3 Å². The van der Waals surface area contributed by atoms with Crippen LogP contribution in [0.2, 0.25) is 0 Å². The number of carboxylic acids is 1. The van der Waals surface area contributed by atoms with Crippen molar-refractivity contribution in [3.8, 4) is 17.2 Å². The standard InChI is InChI=1S/C11H10N2O5/c14-8-3-1-2-7(4-8)11-13-12-9(18-11)5-17-6-10(15)16/h1-4,14H,5-6H2,(H,15,16). The fraction of sp³-hybridized carbons (Fsp3) is 0.182. The molecule has 7 nitrogen and oxygen atoms in total. The fourth-order valence-electron chi connectivity index (χ4n) is 1.29. The first-order chi connectivity index (χ1) is 8.65. The highest BCUT2D eigenvalue weighted by Crippen LogP contribution is 2.21. The SMILES string of the molecule is O=C(O)COCc1nnc(-c2cccc(O)c2)o1. The van der Waals surface area contributed by atoms with E-state index < -0.39 is 12.6 Å². The van der Waals surface area contributed by atoms with Crippen LogP contribution in [-0.2, 0) is 16.1 Å². The number of phenols is 1. The van der Waals surface area contributed by atoms with E-state index in [9.17, 15) is 9.90 Å². The third kappa shape index (κ3) is 3.05. The van der Waals surface area contributed by atoms with E-state index in [1.165, 1.54) is 12.1 Å². The minimum atomic E-state index is -1.07. The Balaban J connectivity index is 2.04. The van der Waals surface area contributed by atoms with E-state index in [0.29, 0.717) is 5.56 Å². The van der Waals surface area contributed by atoms with Crippen LogP contribution >= 0.6 is 0 Å². The molecule has 0 spiro atoms. The maximum Gasteiger partial charge on any atom is 0.329 e. The molecule has 0 saturated carbocycles. The second-order valence-corrected chi connectivity index (χ2v) is 3.44. The lowest BCUT2D eigenvalue weighted by Gasteiger charge is -1.96. The number of aromatic nitrogens is 2. The van der Waals surface area contributed by atoms with Crippen molar-refractivity contribution in [3.05, 3.63) is 30.2 Å². The van der Waals surface area contributed by atoms with Gasteiger partial charge in [0.1, 0.15) is 19.0 Å². The van der Waals surface area contributed by atoms with Gasteiger partial charge in [0.2, 0.25) is 11.8 Å². The van der Waals surface area contributed by atoms with Crippen LogP contribution in [0.4, 0.5) is 0 Å². The molecule has 94 valence electrons. The van der Waals surface area contributed by atoms with E-state index in [-0.39, 0.29) is 24.1 Å². The molecule has 2 aromatic rings. The van der Waals surface area contributed by atoms with Crippen LogP contribution in [0.15, 0.2) is 28.7 Å². The number of benzene rings is 1. The molecule has 1 aromatic heterocycles. The highest BCUT2D eigenvalue weighted by atomic mass is 16.5. The number of rotatable bonds is 5. The summed E-state index contributed by atoms with van der Waals surface area (Å²) >= 11 is 0. The van der Waals surface area contributed by atoms with Crippen LogP contribution in [0.3, 0.4) is 0 Å². The molecule has 7 heteroatoms. The van der Waals surface area contributed by atoms with Gasteiger partial charge in [-0.3, -0.25) is 0 Å². The van der Waals surface area contributed by atoms with Gasteiger partial charge in [-0.2, -0.15) is 0 Å². The van der Waals surface area contributed by atoms with E-state index in [2.05, 4.69) is 10.2 Å². The van der Waals surface area contributed by atoms with E-state index >= 15 is 0 Å². The minimum absolute atomic E-state index is 0.0713. The zero-order valence-electron chi connectivity index (χ0n) is 9.24. The molecule has 0 unspecified atom stereocenters. The molecule has 0 fully saturated rings. The molecule has 1 heterocycles. The van der Waals surface area contributed by atoms with Crippen LogP contribution in [-0.4, -0.2) is 33.0 Å². The summed E-state index contributed by atoms with van der Waals surface area (Å²) in [4.78, 5) is 10.2. The van der Waals surface area contributed by atoms with Gasteiger partial charge in [0.15, 0.2) is 0 Å². The number of aliphatic carboxylic acids is 1. The number of carboxylic acid groups (broad SMARTS) is 1. The normalized spacial score (nSPS) is 10.4. The molecule has 0 amide bonds. The number of hydrogen-bond donors (Lipinski definition) is 2. The van der Waals surface area contributed by atoms with Gasteiger partial charge < -0.3 is 19.4 Å². The van der Waals surface area contributed by atoms with Gasteiger partial charge in [-0.15, -0.1) is 10.2 Å². The Morgan fingerprint density at radius 2 is 2.22 bits per heavy atom. The summed E-state index contributed by atoms with van der Waals surface area (Å²) in [7, 11) is 0. The molecule has 2 N–H and O–H groups in total. The van der Waals surface area contributed by atoms with Gasteiger partial charge in [0, 0.05) is 5.56 Å². The van der Waals surface area contributed by atoms with E-state index in [0.717, 1.165) is 0 Å². The molecule has 0 bridgehead atoms. The van der Waals surface area contributed by atoms with Crippen molar-refractivity contribution in [3.63, 3.8) is 0 Å². The van der Waals surface area contributed by atoms with Gasteiger partial charge in [-0.25, -0.2) is 4.79 Å². The maximum absolute atomic E-state index is 10.2. The predicted octanol–water partition coefficient (Wildman–Crippen LogP) is 1.04. The average Bonchev–Trinajstić information content (AvgIpc) is 2.77. The summed E-state index contributed by atoms with van der Waals surface area (Å²) in [6, 6.07) is 6.36. The smallest absolute Gasteiger partial charge is 0.329 e. The van der Waals surface area contributed by atoms with Gasteiger partial charge in [0.05, 0.1) is 0 Å². The van der Waals surface area contributed by atoms with Crippen molar-refractivity contribution in [1.29, 1.82) is 0 Å². The first-order valence-electron chi connectivity index (χ1n) is 5.06. The Morgan fingerprint density at radius 3 is 2.94 bits per heavy atom. The highest BCUT2D eigenvalue weighted by molar-refractivity contribution is 5.67. The van der Waals surface area contributed by atoms with E-state index in [1.54, 1.807) is 12.1 Å². The Bertz CT molecular complexity index is 552. The fourth-order valence-corrected chi connectivity index (χ4v) is 1.29. The number of carbonyl (C=O) groups is 1. The topological polar surface area (TPSA) is 106 Å². The van der Waals surface area contributed by atoms with Crippen LogP contribution in [0.5, 0.6) is 5.75 Å². The van der Waals surface area contributed by atoms with Crippen molar-refractivity contribution in [1.82, 2.24) is 10.2 Å². The Morgan fingerprint density at radius 1 is 1.39 bits per heavy atom. The zero-order valence-corrected chi connectivity index (χ0v) is 9.24. The summed E-state index contributed by atoms with van der Waals surface area (Å²) in [5.74, 6) is -0.563. The van der Waals surface area contributed by atoms with Crippen LogP contribution in [0.1, 0.15) is 5.89 Å². The van der Waals surface area contributed by atoms with Crippen LogP contribution < -0.4 is 0 Å². The van der Waals surface area contributed by atoms with E-state index in [1.807, 2.05) is 0 Å². The predicted molar refractivity (Wildman–Crippen MR) is 58.7 cm³/mol. The summed E-state index contributed by atoms with van der Waals surface area (Å²) in [6.45, 7) is -0.498. The summed E-state index contributed by atoms with van der Waals surface area (Å²) in [5.41, 5.74) is 0.576. The Labute approximate surface area is 102 Å². The molecule has 0 aliphatic carbocycles. The molecule has 1 aromatic carbocycles. The third-order valence-electron chi connectivity index (χ3n) is 2.01. The molecule has 18 heavy (non-hydrogen) atoms. The largest absolute Gasteiger partial charge is 0.508 e. The number of aromatic hydroxyl groups is 1. The average molecular weight is 250 g/mol. The quantitative estimate of drug-likeness (QED) is 0.816. The molecule has 0 radical (unpaired) electrons. The Kier molecular flexibility index (Phi) is 3.54. The summed E-state index contributed by atoms with van der Waals surface area (Å²) in [6.07, 6.45) is 0. The molecule has 2 rings (SSSR count). The first-order valence-corrected chi connectivity index (χ1v) is 5.06. The summed E-state index contributed by atoms with van der Waals surface area (Å²) in [5, 5.41) is 25.2. The monoisotopic (exact) mass is 250 g/mol. The molecule has 0 saturated heterocycles. The number of hydrogen-bond acceptors (Lipinski definition) is 6. The van der Waals surface area contributed by atoms with Gasteiger partial charge in [-0.1, -0.05) is 6.07 Å². The number of phenolic OH excluding ortho intramolecular Hbond substituents is 1. The van der Waals surface area contributed by atoms with Crippen molar-refractivity contribution in [2.75, 3.05) is 6.61 Å². The summed E-state index contributed by atoms with van der Waals surface area (Å²) < 4.78 is 10.1. The Hall–Kier alpha value is -2.41. The van der Waals surface area contributed by atoms with Crippen LogP contribution in [0, 0.1) is 0 Å². The van der Waals surface area contributed by atoms with Crippen LogP contribution in [0.25, 0.3) is 11.5 Å².